The van der Waals surface area contributed by atoms with Gasteiger partial charge in [0.05, 0.1) is 13.2 Å². The van der Waals surface area contributed by atoms with Crippen molar-refractivity contribution < 1.29 is 19.1 Å². The summed E-state index contributed by atoms with van der Waals surface area (Å²) < 4.78 is 10.8. The van der Waals surface area contributed by atoms with Crippen LogP contribution in [0.2, 0.25) is 0 Å². The van der Waals surface area contributed by atoms with E-state index in [1.54, 1.807) is 32.9 Å². The first-order valence-electron chi connectivity index (χ1n) is 8.11. The SMILES string of the molecule is C[C@H](NC(=O)[C@H]1COCCN1C(=O)OC(C)(C)C)c1cc[c-]cc1.[Cm]. The Morgan fingerprint density at radius 2 is 2.00 bits per heavy atom. The number of amides is 2. The van der Waals surface area contributed by atoms with Crippen LogP contribution in [0.15, 0.2) is 24.3 Å². The smallest absolute Gasteiger partial charge is 0.411 e. The van der Waals surface area contributed by atoms with Crippen molar-refractivity contribution in [1.29, 1.82) is 0 Å². The van der Waals surface area contributed by atoms with Gasteiger partial charge in [-0.2, -0.15) is 30.3 Å². The van der Waals surface area contributed by atoms with E-state index >= 15 is 0 Å². The Kier molecular flexibility index (Phi) is 6.51. The molecular weight excluding hydrogens is 555 g/mol. The van der Waals surface area contributed by atoms with Crippen molar-refractivity contribution in [2.24, 2.45) is 0 Å². The van der Waals surface area contributed by atoms with Crippen LogP contribution in [0.3, 0.4) is 0 Å². The zero-order valence-electron chi connectivity index (χ0n) is 15.0. The molecule has 0 aliphatic carbocycles. The molecule has 25 heavy (non-hydrogen) atoms. The van der Waals surface area contributed by atoms with Crippen LogP contribution < -0.4 is 5.32 Å². The Balaban J connectivity index is 0.00000312. The van der Waals surface area contributed by atoms with E-state index in [2.05, 4.69) is 11.4 Å². The Labute approximate surface area is 143 Å². The third-order valence-electron chi connectivity index (χ3n) is 3.66. The quantitative estimate of drug-likeness (QED) is 0.558. The molecule has 140 valence electrons. The van der Waals surface area contributed by atoms with E-state index in [0.717, 1.165) is 5.56 Å². The number of rotatable bonds is 3. The second-order valence-electron chi connectivity index (χ2n) is 6.83. The first kappa shape index (κ1) is 20.0. The van der Waals surface area contributed by atoms with E-state index in [-0.39, 0.29) is 18.6 Å². The number of nitrogens with zero attached hydrogens (tertiary/aromatic N) is 1. The minimum atomic E-state index is -0.689. The fraction of sp³-hybridized carbons (Fsp3) is 0.556. The van der Waals surface area contributed by atoms with Gasteiger partial charge in [0.2, 0.25) is 5.91 Å². The van der Waals surface area contributed by atoms with Crippen molar-refractivity contribution >= 4 is 12.0 Å². The fourth-order valence-electron chi connectivity index (χ4n) is 2.44. The number of ether oxygens (including phenoxy) is 2. The molecule has 0 aromatic heterocycles. The summed E-state index contributed by atoms with van der Waals surface area (Å²) in [6, 6.07) is 9.48. The first-order valence-corrected chi connectivity index (χ1v) is 8.11. The summed E-state index contributed by atoms with van der Waals surface area (Å²) >= 11 is 0. The number of carbonyl (C=O) groups excluding carboxylic acids is 2. The summed E-state index contributed by atoms with van der Waals surface area (Å²) in [5.74, 6) is -0.249. The van der Waals surface area contributed by atoms with Crippen LogP contribution in [0.4, 0.5) is 4.79 Å². The second-order valence-corrected chi connectivity index (χ2v) is 6.83. The van der Waals surface area contributed by atoms with E-state index < -0.39 is 17.7 Å². The maximum Gasteiger partial charge on any atom is 0.411 e. The van der Waals surface area contributed by atoms with Crippen molar-refractivity contribution in [2.75, 3.05) is 19.8 Å². The summed E-state index contributed by atoms with van der Waals surface area (Å²) in [7, 11) is 0. The molecular formula is C18H25CmN2O4-. The predicted octanol–water partition coefficient (Wildman–Crippen LogP) is 2.30. The number of hydrogen-bond acceptors (Lipinski definition) is 4. The largest absolute Gasteiger partial charge is 0.444 e. The Morgan fingerprint density at radius 3 is 2.60 bits per heavy atom. The summed E-state index contributed by atoms with van der Waals surface area (Å²) in [5.41, 5.74) is 0.368. The van der Waals surface area contributed by atoms with Gasteiger partial charge < -0.3 is 14.8 Å². The van der Waals surface area contributed by atoms with Gasteiger partial charge in [-0.25, -0.2) is 4.79 Å². The third kappa shape index (κ3) is 5.49. The zero-order chi connectivity index (χ0) is 17.7. The predicted molar refractivity (Wildman–Crippen MR) is 89.4 cm³/mol. The van der Waals surface area contributed by atoms with Gasteiger partial charge >= 0.3 is 6.09 Å². The molecule has 0 unspecified atom stereocenters. The molecule has 1 N–H and O–H groups in total. The molecule has 1 aliphatic rings. The van der Waals surface area contributed by atoms with Crippen molar-refractivity contribution in [1.82, 2.24) is 10.2 Å². The van der Waals surface area contributed by atoms with Gasteiger partial charge in [-0.05, 0) is 27.7 Å². The average molecular weight is 580 g/mol. The van der Waals surface area contributed by atoms with Gasteiger partial charge in [-0.15, -0.1) is 5.56 Å². The minimum absolute atomic E-state index is 0. The zero-order valence-corrected chi connectivity index (χ0v) is 18.0. The molecule has 1 saturated heterocycles. The van der Waals surface area contributed by atoms with Gasteiger partial charge in [0.25, 0.3) is 0 Å². The Morgan fingerprint density at radius 1 is 1.36 bits per heavy atom. The van der Waals surface area contributed by atoms with Gasteiger partial charge in [-0.1, -0.05) is 0 Å². The molecule has 1 aromatic rings. The number of benzene rings is 1. The number of carbonyl (C=O) groups is 2. The van der Waals surface area contributed by atoms with Crippen LogP contribution in [0.25, 0.3) is 0 Å². The van der Waals surface area contributed by atoms with E-state index in [1.807, 2.05) is 19.1 Å². The molecule has 2 rings (SSSR count). The van der Waals surface area contributed by atoms with Crippen LogP contribution in [0, 0.1) is 6.07 Å². The topological polar surface area (TPSA) is 67.9 Å². The third-order valence-corrected chi connectivity index (χ3v) is 3.66. The molecule has 0 radical (unpaired) electrons. The summed E-state index contributed by atoms with van der Waals surface area (Å²) in [6.45, 7) is 8.20. The molecule has 6 nitrogen and oxygen atoms in total. The Bertz CT molecular complexity index is 574. The molecule has 0 bridgehead atoms. The molecule has 1 heterocycles. The van der Waals surface area contributed by atoms with Crippen LogP contribution in [-0.4, -0.2) is 48.3 Å². The van der Waals surface area contributed by atoms with Gasteiger partial charge in [0.1, 0.15) is 11.6 Å². The van der Waals surface area contributed by atoms with Gasteiger partial charge in [0.15, 0.2) is 0 Å². The van der Waals surface area contributed by atoms with Crippen LogP contribution >= 0.6 is 0 Å². The standard InChI is InChI=1S/C18H25N2O4.Cm/c1-13(14-8-6-5-7-9-14)19-16(21)15-12-23-11-10-20(15)17(22)24-18(2,3)4;/h6-9,13,15H,10-12H2,1-4H3,(H,19,21);/q-1;/t13-,15+;/m0./s1. The Hall–Kier alpha value is -3.08. The molecule has 2 amide bonds. The summed E-state index contributed by atoms with van der Waals surface area (Å²) in [5, 5.41) is 2.93. The van der Waals surface area contributed by atoms with Crippen LogP contribution in [0.5, 0.6) is 0 Å². The van der Waals surface area contributed by atoms with Crippen molar-refractivity contribution in [3.05, 3.63) is 35.9 Å². The molecule has 7 heteroatoms. The minimum Gasteiger partial charge on any atom is -0.444 e. The van der Waals surface area contributed by atoms with E-state index in [9.17, 15) is 9.59 Å². The van der Waals surface area contributed by atoms with Crippen molar-refractivity contribution in [3.63, 3.8) is 0 Å². The van der Waals surface area contributed by atoms with Crippen LogP contribution in [-0.2, 0) is 14.3 Å². The molecule has 1 aliphatic heterocycles. The number of nitrogens with one attached hydrogen (secondary N) is 1. The molecule has 1 fully saturated rings. The first-order chi connectivity index (χ1) is 11.3. The van der Waals surface area contributed by atoms with E-state index in [0.29, 0.717) is 13.2 Å². The summed E-state index contributed by atoms with van der Waals surface area (Å²) in [4.78, 5) is 26.4. The van der Waals surface area contributed by atoms with Crippen molar-refractivity contribution in [3.8, 4) is 0 Å². The van der Waals surface area contributed by atoms with Gasteiger partial charge in [0, 0.05) is 12.6 Å². The second kappa shape index (κ2) is 8.15. The maximum absolute atomic E-state index is 12.6. The van der Waals surface area contributed by atoms with Crippen molar-refractivity contribution in [2.45, 2.75) is 45.4 Å². The molecule has 1 aromatic carbocycles. The monoisotopic (exact) mass is 576 g/mol. The van der Waals surface area contributed by atoms with E-state index in [4.69, 9.17) is 9.47 Å². The molecule has 0 spiro atoms. The molecule has 2 atom stereocenters. The fourth-order valence-corrected chi connectivity index (χ4v) is 2.44. The molecule has 0 saturated carbocycles. The summed E-state index contributed by atoms with van der Waals surface area (Å²) in [6.07, 6.45) is -0.493. The average Bonchev–Trinajstić information content (AvgIpc) is 2.54. The van der Waals surface area contributed by atoms with E-state index in [1.165, 1.54) is 4.90 Å². The maximum atomic E-state index is 12.6. The number of hydrogen-bond donors (Lipinski definition) is 1. The van der Waals surface area contributed by atoms with Crippen LogP contribution in [0.1, 0.15) is 39.3 Å². The number of morpholine rings is 1. The van der Waals surface area contributed by atoms with Gasteiger partial charge in [-0.3, -0.25) is 9.69 Å². The normalized spacial score (nSPS) is 18.7.